The van der Waals surface area contributed by atoms with E-state index in [9.17, 15) is 19.2 Å². The van der Waals surface area contributed by atoms with Crippen molar-refractivity contribution < 1.29 is 28.7 Å². The third kappa shape index (κ3) is 7.28. The highest BCUT2D eigenvalue weighted by molar-refractivity contribution is 7.17. The molecule has 0 saturated heterocycles. The lowest BCUT2D eigenvalue weighted by Gasteiger charge is -2.04. The maximum Gasteiger partial charge on any atom is 0.350 e. The van der Waals surface area contributed by atoms with Gasteiger partial charge in [0.15, 0.2) is 11.6 Å². The van der Waals surface area contributed by atoms with Crippen LogP contribution in [0, 0.1) is 11.8 Å². The highest BCUT2D eigenvalue weighted by Gasteiger charge is 2.28. The molecule has 0 spiro atoms. The molecule has 206 valence electrons. The lowest BCUT2D eigenvalue weighted by atomic mass is 10.0. The molecule has 0 amide bonds. The van der Waals surface area contributed by atoms with Crippen molar-refractivity contribution in [3.63, 3.8) is 0 Å². The molecular weight excluding hydrogens is 526 g/mol. The van der Waals surface area contributed by atoms with E-state index >= 15 is 0 Å². The Morgan fingerprint density at radius 3 is 1.76 bits per heavy atom. The molecule has 0 bridgehead atoms. The number of rotatable bonds is 8. The van der Waals surface area contributed by atoms with Crippen LogP contribution in [0.25, 0.3) is 0 Å². The zero-order valence-corrected chi connectivity index (χ0v) is 23.9. The van der Waals surface area contributed by atoms with E-state index in [4.69, 9.17) is 10.5 Å². The van der Waals surface area contributed by atoms with Crippen molar-refractivity contribution in [3.05, 3.63) is 31.6 Å². The molecule has 2 aromatic heterocycles. The van der Waals surface area contributed by atoms with Crippen LogP contribution in [0.15, 0.2) is 17.1 Å². The Bertz CT molecular complexity index is 1190. The van der Waals surface area contributed by atoms with Gasteiger partial charge in [0.05, 0.1) is 41.7 Å². The van der Waals surface area contributed by atoms with Gasteiger partial charge in [-0.15, -0.1) is 22.7 Å². The van der Waals surface area contributed by atoms with Gasteiger partial charge in [-0.2, -0.15) is 0 Å². The third-order valence-electron chi connectivity index (χ3n) is 6.58. The van der Waals surface area contributed by atoms with Crippen molar-refractivity contribution in [3.8, 4) is 0 Å². The van der Waals surface area contributed by atoms with Crippen LogP contribution in [-0.2, 0) is 9.47 Å². The van der Waals surface area contributed by atoms with Crippen molar-refractivity contribution in [2.24, 2.45) is 16.8 Å². The number of thiophene rings is 2. The van der Waals surface area contributed by atoms with Crippen molar-refractivity contribution in [1.82, 2.24) is 4.90 Å². The molecule has 2 N–H and O–H groups in total. The van der Waals surface area contributed by atoms with Gasteiger partial charge in [-0.05, 0) is 37.8 Å². The summed E-state index contributed by atoms with van der Waals surface area (Å²) >= 11 is 2.32. The van der Waals surface area contributed by atoms with Gasteiger partial charge in [0.25, 0.3) is 0 Å². The lowest BCUT2D eigenvalue weighted by molar-refractivity contribution is 0.0598. The molecule has 0 aromatic carbocycles. The van der Waals surface area contributed by atoms with E-state index < -0.39 is 11.9 Å². The first kappa shape index (κ1) is 29.5. The monoisotopic (exact) mass is 561 g/mol. The molecule has 2 fully saturated rings. The number of Topliss-reactive ketones (excluding diaryl/α,β-unsaturated/α-hetero) is 2. The van der Waals surface area contributed by atoms with Crippen LogP contribution in [0.3, 0.4) is 0 Å². The molecule has 2 aliphatic carbocycles. The maximum atomic E-state index is 12.5. The lowest BCUT2D eigenvalue weighted by Crippen LogP contribution is -2.09. The summed E-state index contributed by atoms with van der Waals surface area (Å²) in [5, 5.41) is 0. The van der Waals surface area contributed by atoms with E-state index in [0.717, 1.165) is 62.7 Å². The summed E-state index contributed by atoms with van der Waals surface area (Å²) in [4.78, 5) is 55.7. The van der Waals surface area contributed by atoms with Crippen molar-refractivity contribution in [2.45, 2.75) is 51.4 Å². The molecule has 0 unspecified atom stereocenters. The van der Waals surface area contributed by atoms with Crippen LogP contribution in [0.5, 0.6) is 0 Å². The van der Waals surface area contributed by atoms with Crippen molar-refractivity contribution in [2.75, 3.05) is 34.0 Å². The van der Waals surface area contributed by atoms with Gasteiger partial charge in [0, 0.05) is 25.9 Å². The fraction of sp³-hybridized carbons (Fsp3) is 0.519. The predicted octanol–water partition coefficient (Wildman–Crippen LogP) is 5.62. The number of hydrogen-bond donors (Lipinski definition) is 1. The molecule has 2 aliphatic rings. The molecule has 0 aliphatic heterocycles. The number of ketones is 2. The molecule has 9 nitrogen and oxygen atoms in total. The summed E-state index contributed by atoms with van der Waals surface area (Å²) in [7, 11) is 6.33. The average molecular weight is 562 g/mol. The first-order chi connectivity index (χ1) is 18.2. The van der Waals surface area contributed by atoms with Crippen LogP contribution in [0.1, 0.15) is 90.1 Å². The Morgan fingerprint density at radius 1 is 0.842 bits per heavy atom. The number of anilines is 1. The molecule has 0 radical (unpaired) electrons. The van der Waals surface area contributed by atoms with Gasteiger partial charge >= 0.3 is 11.9 Å². The zero-order chi connectivity index (χ0) is 27.8. The van der Waals surface area contributed by atoms with E-state index in [1.165, 1.54) is 25.6 Å². The Labute approximate surface area is 231 Å². The van der Waals surface area contributed by atoms with Gasteiger partial charge in [0.1, 0.15) is 9.75 Å². The summed E-state index contributed by atoms with van der Waals surface area (Å²) < 4.78 is 9.39. The number of esters is 2. The maximum absolute atomic E-state index is 12.5. The fourth-order valence-corrected chi connectivity index (χ4v) is 6.63. The average Bonchev–Trinajstić information content (AvgIpc) is 3.73. The first-order valence-corrected chi connectivity index (χ1v) is 14.3. The summed E-state index contributed by atoms with van der Waals surface area (Å²) in [6, 6.07) is 3.30. The quantitative estimate of drug-likeness (QED) is 0.190. The smallest absolute Gasteiger partial charge is 0.350 e. The zero-order valence-electron chi connectivity index (χ0n) is 22.3. The summed E-state index contributed by atoms with van der Waals surface area (Å²) in [6.07, 6.45) is 9.84. The Kier molecular flexibility index (Phi) is 10.6. The number of ether oxygens (including phenoxy) is 2. The minimum Gasteiger partial charge on any atom is -0.465 e. The van der Waals surface area contributed by atoms with Crippen LogP contribution >= 0.6 is 22.7 Å². The van der Waals surface area contributed by atoms with Crippen molar-refractivity contribution >= 4 is 63.9 Å². The SMILES string of the molecule is COC(=O)c1sc(C(=O)C2CCCC2)cc1N.COC(=O)c1sc(C(=O)C2CCCC2)cc1N=CN(C)C. The molecule has 0 atom stereocenters. The van der Waals surface area contributed by atoms with Gasteiger partial charge < -0.3 is 20.1 Å². The minimum absolute atomic E-state index is 0.0971. The number of methoxy groups -OCH3 is 2. The number of nitrogens with zero attached hydrogens (tertiary/aromatic N) is 2. The van der Waals surface area contributed by atoms with Gasteiger partial charge in [-0.25, -0.2) is 14.6 Å². The molecule has 2 aromatic rings. The number of hydrogen-bond acceptors (Lipinski definition) is 10. The van der Waals surface area contributed by atoms with Crippen LogP contribution < -0.4 is 5.73 Å². The predicted molar refractivity (Wildman–Crippen MR) is 150 cm³/mol. The summed E-state index contributed by atoms with van der Waals surface area (Å²) in [5.41, 5.74) is 6.55. The first-order valence-electron chi connectivity index (χ1n) is 12.6. The normalized spacial score (nSPS) is 15.8. The molecule has 4 rings (SSSR count). The molecule has 38 heavy (non-hydrogen) atoms. The van der Waals surface area contributed by atoms with E-state index in [2.05, 4.69) is 9.73 Å². The highest BCUT2D eigenvalue weighted by Crippen LogP contribution is 2.36. The van der Waals surface area contributed by atoms with Crippen LogP contribution in [0.2, 0.25) is 0 Å². The van der Waals surface area contributed by atoms with E-state index in [0.29, 0.717) is 30.9 Å². The molecular formula is C27H35N3O6S2. The van der Waals surface area contributed by atoms with Gasteiger partial charge in [0.2, 0.25) is 0 Å². The fourth-order valence-electron chi connectivity index (χ4n) is 4.57. The summed E-state index contributed by atoms with van der Waals surface area (Å²) in [6.45, 7) is 0. The molecule has 2 saturated carbocycles. The second-order valence-corrected chi connectivity index (χ2v) is 11.7. The second-order valence-electron chi connectivity index (χ2n) is 9.60. The standard InChI is InChI=1S/C15H20N2O3S.C12H15NO3S/c1-17(2)9-16-11-8-12(21-14(11)15(19)20-3)13(18)10-6-4-5-7-10;1-16-12(15)11-8(13)6-9(17-11)10(14)7-4-2-3-5-7/h8-10H,4-7H2,1-3H3;6-7H,2-5,13H2,1H3. The Hall–Kier alpha value is -3.05. The summed E-state index contributed by atoms with van der Waals surface area (Å²) in [5.74, 6) is -0.462. The largest absolute Gasteiger partial charge is 0.465 e. The number of carbonyl (C=O) groups is 4. The van der Waals surface area contributed by atoms with Gasteiger partial charge in [-0.1, -0.05) is 25.7 Å². The minimum atomic E-state index is -0.474. The van der Waals surface area contributed by atoms with E-state index in [1.807, 2.05) is 14.1 Å². The van der Waals surface area contributed by atoms with Crippen LogP contribution in [-0.4, -0.2) is 63.1 Å². The van der Waals surface area contributed by atoms with E-state index in [1.54, 1.807) is 23.4 Å². The number of nitrogen functional groups attached to an aromatic ring is 1. The molecule has 11 heteroatoms. The van der Waals surface area contributed by atoms with Crippen molar-refractivity contribution in [1.29, 1.82) is 0 Å². The Morgan fingerprint density at radius 2 is 1.29 bits per heavy atom. The highest BCUT2D eigenvalue weighted by atomic mass is 32.1. The Balaban J connectivity index is 0.000000215. The number of carbonyl (C=O) groups excluding carboxylic acids is 4. The third-order valence-corrected chi connectivity index (χ3v) is 8.84. The number of aliphatic imine (C=N–C) groups is 1. The topological polar surface area (TPSA) is 128 Å². The van der Waals surface area contributed by atoms with Gasteiger partial charge in [-0.3, -0.25) is 9.59 Å². The van der Waals surface area contributed by atoms with Crippen LogP contribution in [0.4, 0.5) is 11.4 Å². The number of nitrogens with two attached hydrogens (primary N) is 1. The second kappa shape index (κ2) is 13.7. The van der Waals surface area contributed by atoms with E-state index in [-0.39, 0.29) is 23.4 Å². The molecule has 2 heterocycles.